The lowest BCUT2D eigenvalue weighted by atomic mass is 10.2. The Labute approximate surface area is 186 Å². The van der Waals surface area contributed by atoms with Gasteiger partial charge in [0.05, 0.1) is 28.0 Å². The fourth-order valence-electron chi connectivity index (χ4n) is 3.87. The fraction of sp³-hybridized carbons (Fsp3) is 0.304. The standard InChI is InChI=1S/C23H25FN4O3S/c1-2-22-21(16-25-28(22)19-10-6-17(24)7-11-19)23(29)26-18-8-12-20(13-9-18)32(30,31)27-14-4-3-5-15-27/h6-13,16H,2-5,14-15H2,1H3,(H,26,29). The van der Waals surface area contributed by atoms with Gasteiger partial charge < -0.3 is 5.32 Å². The molecule has 1 amide bonds. The summed E-state index contributed by atoms with van der Waals surface area (Å²) in [6, 6.07) is 12.1. The number of piperidine rings is 1. The molecule has 0 aliphatic carbocycles. The molecule has 1 aliphatic heterocycles. The number of nitrogens with one attached hydrogen (secondary N) is 1. The van der Waals surface area contributed by atoms with Gasteiger partial charge in [0.1, 0.15) is 5.82 Å². The highest BCUT2D eigenvalue weighted by Crippen LogP contribution is 2.23. The van der Waals surface area contributed by atoms with Gasteiger partial charge >= 0.3 is 0 Å². The molecule has 9 heteroatoms. The second-order valence-electron chi connectivity index (χ2n) is 7.69. The maximum Gasteiger partial charge on any atom is 0.259 e. The van der Waals surface area contributed by atoms with Crippen molar-refractivity contribution in [2.24, 2.45) is 0 Å². The quantitative estimate of drug-likeness (QED) is 0.608. The number of aromatic nitrogens is 2. The van der Waals surface area contributed by atoms with Crippen molar-refractivity contribution in [2.75, 3.05) is 18.4 Å². The van der Waals surface area contributed by atoms with Gasteiger partial charge in [-0.3, -0.25) is 4.79 Å². The molecule has 2 aromatic carbocycles. The molecule has 2 heterocycles. The zero-order valence-corrected chi connectivity index (χ0v) is 18.6. The van der Waals surface area contributed by atoms with Crippen molar-refractivity contribution in [1.29, 1.82) is 0 Å². The van der Waals surface area contributed by atoms with Gasteiger partial charge in [0.25, 0.3) is 5.91 Å². The molecule has 0 radical (unpaired) electrons. The summed E-state index contributed by atoms with van der Waals surface area (Å²) >= 11 is 0. The molecular weight excluding hydrogens is 431 g/mol. The fourth-order valence-corrected chi connectivity index (χ4v) is 5.39. The Morgan fingerprint density at radius 3 is 2.31 bits per heavy atom. The van der Waals surface area contributed by atoms with Crippen LogP contribution in [0.15, 0.2) is 59.6 Å². The van der Waals surface area contributed by atoms with Crippen molar-refractivity contribution in [2.45, 2.75) is 37.5 Å². The van der Waals surface area contributed by atoms with Gasteiger partial charge in [0.15, 0.2) is 0 Å². The van der Waals surface area contributed by atoms with Gasteiger partial charge in [0, 0.05) is 18.8 Å². The van der Waals surface area contributed by atoms with Crippen molar-refractivity contribution >= 4 is 21.6 Å². The van der Waals surface area contributed by atoms with Crippen molar-refractivity contribution in [1.82, 2.24) is 14.1 Å². The number of benzene rings is 2. The van der Waals surface area contributed by atoms with Crippen LogP contribution >= 0.6 is 0 Å². The molecule has 1 N–H and O–H groups in total. The van der Waals surface area contributed by atoms with Gasteiger partial charge in [-0.2, -0.15) is 9.40 Å². The van der Waals surface area contributed by atoms with E-state index in [-0.39, 0.29) is 16.6 Å². The number of hydrogen-bond donors (Lipinski definition) is 1. The van der Waals surface area contributed by atoms with Gasteiger partial charge in [-0.05, 0) is 67.8 Å². The Morgan fingerprint density at radius 1 is 1.03 bits per heavy atom. The van der Waals surface area contributed by atoms with Crippen LogP contribution in [0.3, 0.4) is 0 Å². The van der Waals surface area contributed by atoms with E-state index >= 15 is 0 Å². The summed E-state index contributed by atoms with van der Waals surface area (Å²) in [6.45, 7) is 2.99. The summed E-state index contributed by atoms with van der Waals surface area (Å²) in [5.74, 6) is -0.690. The maximum absolute atomic E-state index is 13.2. The summed E-state index contributed by atoms with van der Waals surface area (Å²) in [4.78, 5) is 13.1. The predicted octanol–water partition coefficient (Wildman–Crippen LogP) is 4.00. The third kappa shape index (κ3) is 4.44. The number of sulfonamides is 1. The summed E-state index contributed by atoms with van der Waals surface area (Å²) in [5, 5.41) is 7.10. The molecule has 1 saturated heterocycles. The minimum atomic E-state index is -3.52. The van der Waals surface area contributed by atoms with Gasteiger partial charge in [-0.25, -0.2) is 17.5 Å². The van der Waals surface area contributed by atoms with E-state index < -0.39 is 10.0 Å². The Balaban J connectivity index is 1.51. The largest absolute Gasteiger partial charge is 0.322 e. The maximum atomic E-state index is 13.2. The van der Waals surface area contributed by atoms with Crippen LogP contribution in [0, 0.1) is 5.82 Å². The Hall–Kier alpha value is -3.04. The molecule has 0 spiro atoms. The Morgan fingerprint density at radius 2 is 1.69 bits per heavy atom. The number of carbonyl (C=O) groups excluding carboxylic acids is 1. The zero-order valence-electron chi connectivity index (χ0n) is 17.8. The predicted molar refractivity (Wildman–Crippen MR) is 120 cm³/mol. The Kier molecular flexibility index (Phi) is 6.38. The Bertz CT molecular complexity index is 1200. The van der Waals surface area contributed by atoms with E-state index in [2.05, 4.69) is 10.4 Å². The summed E-state index contributed by atoms with van der Waals surface area (Å²) in [7, 11) is -3.52. The van der Waals surface area contributed by atoms with Crippen LogP contribution in [0.1, 0.15) is 42.2 Å². The third-order valence-corrected chi connectivity index (χ3v) is 7.50. The molecule has 0 atom stereocenters. The molecule has 1 aromatic heterocycles. The van der Waals surface area contributed by atoms with Gasteiger partial charge in [-0.1, -0.05) is 13.3 Å². The van der Waals surface area contributed by atoms with Crippen LogP contribution in [-0.2, 0) is 16.4 Å². The van der Waals surface area contributed by atoms with Crippen LogP contribution in [0.5, 0.6) is 0 Å². The average Bonchev–Trinajstić information content (AvgIpc) is 3.25. The van der Waals surface area contributed by atoms with Crippen LogP contribution < -0.4 is 5.32 Å². The molecule has 4 rings (SSSR count). The molecule has 0 saturated carbocycles. The van der Waals surface area contributed by atoms with E-state index in [1.165, 1.54) is 34.8 Å². The summed E-state index contributed by atoms with van der Waals surface area (Å²) in [6.07, 6.45) is 4.83. The number of carbonyl (C=O) groups is 1. The lowest BCUT2D eigenvalue weighted by Gasteiger charge is -2.25. The molecule has 3 aromatic rings. The highest BCUT2D eigenvalue weighted by Gasteiger charge is 2.26. The minimum absolute atomic E-state index is 0.218. The van der Waals surface area contributed by atoms with E-state index in [1.807, 2.05) is 6.92 Å². The van der Waals surface area contributed by atoms with Crippen LogP contribution in [0.4, 0.5) is 10.1 Å². The van der Waals surface area contributed by atoms with E-state index in [9.17, 15) is 17.6 Å². The number of hydrogen-bond acceptors (Lipinski definition) is 4. The number of halogens is 1. The van der Waals surface area contributed by atoms with E-state index in [4.69, 9.17) is 0 Å². The smallest absolute Gasteiger partial charge is 0.259 e. The van der Waals surface area contributed by atoms with E-state index in [0.717, 1.165) is 19.3 Å². The van der Waals surface area contributed by atoms with Crippen LogP contribution in [0.25, 0.3) is 5.69 Å². The SMILES string of the molecule is CCc1c(C(=O)Nc2ccc(S(=O)(=O)N3CCCCC3)cc2)cnn1-c1ccc(F)cc1. The lowest BCUT2D eigenvalue weighted by Crippen LogP contribution is -2.35. The molecule has 32 heavy (non-hydrogen) atoms. The number of amides is 1. The second-order valence-corrected chi connectivity index (χ2v) is 9.63. The first kappa shape index (κ1) is 22.2. The third-order valence-electron chi connectivity index (χ3n) is 5.58. The normalized spacial score (nSPS) is 14.9. The number of rotatable bonds is 6. The number of anilines is 1. The lowest BCUT2D eigenvalue weighted by molar-refractivity contribution is 0.102. The summed E-state index contributed by atoms with van der Waals surface area (Å²) < 4.78 is 41.9. The van der Waals surface area contributed by atoms with Crippen molar-refractivity contribution in [3.63, 3.8) is 0 Å². The molecular formula is C23H25FN4O3S. The van der Waals surface area contributed by atoms with Crippen molar-refractivity contribution < 1.29 is 17.6 Å². The van der Waals surface area contributed by atoms with E-state index in [1.54, 1.807) is 28.9 Å². The van der Waals surface area contributed by atoms with Crippen molar-refractivity contribution in [3.8, 4) is 5.69 Å². The van der Waals surface area contributed by atoms with Crippen molar-refractivity contribution in [3.05, 3.63) is 71.8 Å². The first-order valence-corrected chi connectivity index (χ1v) is 12.1. The second kappa shape index (κ2) is 9.22. The first-order chi connectivity index (χ1) is 15.4. The van der Waals surface area contributed by atoms with Crippen LogP contribution in [0.2, 0.25) is 0 Å². The zero-order chi connectivity index (χ0) is 22.7. The molecule has 0 unspecified atom stereocenters. The molecule has 1 aliphatic rings. The van der Waals surface area contributed by atoms with Gasteiger partial charge in [0.2, 0.25) is 10.0 Å². The summed E-state index contributed by atoms with van der Waals surface area (Å²) in [5.41, 5.74) is 2.25. The molecule has 7 nitrogen and oxygen atoms in total. The average molecular weight is 457 g/mol. The molecule has 1 fully saturated rings. The highest BCUT2D eigenvalue weighted by atomic mass is 32.2. The van der Waals surface area contributed by atoms with Gasteiger partial charge in [-0.15, -0.1) is 0 Å². The van der Waals surface area contributed by atoms with Crippen LogP contribution in [-0.4, -0.2) is 41.5 Å². The minimum Gasteiger partial charge on any atom is -0.322 e. The van der Waals surface area contributed by atoms with E-state index in [0.29, 0.717) is 42.1 Å². The topological polar surface area (TPSA) is 84.3 Å². The number of nitrogens with zero attached hydrogens (tertiary/aromatic N) is 3. The molecule has 0 bridgehead atoms. The monoisotopic (exact) mass is 456 g/mol. The first-order valence-electron chi connectivity index (χ1n) is 10.6. The molecule has 168 valence electrons. The highest BCUT2D eigenvalue weighted by molar-refractivity contribution is 7.89.